The van der Waals surface area contributed by atoms with E-state index < -0.39 is 10.0 Å². The van der Waals surface area contributed by atoms with Gasteiger partial charge in [0.15, 0.2) is 0 Å². The van der Waals surface area contributed by atoms with Crippen LogP contribution in [0.1, 0.15) is 4.88 Å². The fourth-order valence-corrected chi connectivity index (χ4v) is 6.84. The van der Waals surface area contributed by atoms with E-state index in [0.717, 1.165) is 34.7 Å². The van der Waals surface area contributed by atoms with E-state index >= 15 is 0 Å². The predicted molar refractivity (Wildman–Crippen MR) is 120 cm³/mol. The molecule has 0 atom stereocenters. The van der Waals surface area contributed by atoms with Crippen LogP contribution in [-0.4, -0.2) is 43.9 Å². The van der Waals surface area contributed by atoms with Gasteiger partial charge >= 0.3 is 0 Å². The fraction of sp³-hybridized carbons (Fsp3) is 0.250. The number of thiazole rings is 1. The molecule has 0 saturated carbocycles. The van der Waals surface area contributed by atoms with Crippen molar-refractivity contribution in [3.63, 3.8) is 0 Å². The van der Waals surface area contributed by atoms with Crippen molar-refractivity contribution in [2.24, 2.45) is 0 Å². The number of aromatic nitrogens is 1. The van der Waals surface area contributed by atoms with Gasteiger partial charge in [-0.2, -0.15) is 4.31 Å². The first-order chi connectivity index (χ1) is 13.9. The van der Waals surface area contributed by atoms with Crippen LogP contribution in [0.2, 0.25) is 5.02 Å². The largest absolute Gasteiger partial charge is 0.328 e. The molecular formula is C20H20BrClN3O2S2+. The molecular weight excluding hydrogens is 494 g/mol. The first kappa shape index (κ1) is 21.0. The second-order valence-corrected chi connectivity index (χ2v) is 11.2. The van der Waals surface area contributed by atoms with Crippen molar-refractivity contribution < 1.29 is 13.3 Å². The van der Waals surface area contributed by atoms with Crippen molar-refractivity contribution in [3.05, 3.63) is 69.1 Å². The zero-order valence-electron chi connectivity index (χ0n) is 15.5. The highest BCUT2D eigenvalue weighted by Gasteiger charge is 2.32. The van der Waals surface area contributed by atoms with Crippen LogP contribution in [0.3, 0.4) is 0 Å². The van der Waals surface area contributed by atoms with Crippen molar-refractivity contribution in [3.8, 4) is 10.6 Å². The molecule has 5 nitrogen and oxygen atoms in total. The Morgan fingerprint density at radius 1 is 1.14 bits per heavy atom. The van der Waals surface area contributed by atoms with E-state index in [0.29, 0.717) is 13.1 Å². The molecule has 1 aromatic heterocycles. The minimum atomic E-state index is -3.58. The van der Waals surface area contributed by atoms with Crippen LogP contribution in [-0.2, 0) is 16.6 Å². The summed E-state index contributed by atoms with van der Waals surface area (Å²) in [5.41, 5.74) is 1.13. The summed E-state index contributed by atoms with van der Waals surface area (Å²) in [7, 11) is -3.58. The molecule has 1 N–H and O–H groups in total. The minimum absolute atomic E-state index is 0.167. The number of quaternary nitrogens is 1. The summed E-state index contributed by atoms with van der Waals surface area (Å²) < 4.78 is 28.2. The third kappa shape index (κ3) is 4.73. The summed E-state index contributed by atoms with van der Waals surface area (Å²) >= 11 is 11.2. The Morgan fingerprint density at radius 2 is 1.86 bits per heavy atom. The van der Waals surface area contributed by atoms with Crippen molar-refractivity contribution in [2.45, 2.75) is 11.4 Å². The fourth-order valence-electron chi connectivity index (χ4n) is 3.39. The number of benzene rings is 2. The average Bonchev–Trinajstić information content (AvgIpc) is 3.17. The molecule has 4 rings (SSSR count). The third-order valence-corrected chi connectivity index (χ3v) is 8.86. The zero-order valence-corrected chi connectivity index (χ0v) is 19.5. The van der Waals surface area contributed by atoms with Gasteiger partial charge in [-0.25, -0.2) is 13.4 Å². The number of nitrogens with zero attached hydrogens (tertiary/aromatic N) is 2. The van der Waals surface area contributed by atoms with Gasteiger partial charge in [-0.15, -0.1) is 11.3 Å². The van der Waals surface area contributed by atoms with E-state index in [1.165, 1.54) is 14.1 Å². The third-order valence-electron chi connectivity index (χ3n) is 4.94. The molecule has 0 amide bonds. The van der Waals surface area contributed by atoms with Crippen LogP contribution in [0, 0.1) is 0 Å². The van der Waals surface area contributed by atoms with E-state index in [2.05, 4.69) is 33.0 Å². The Morgan fingerprint density at radius 3 is 2.55 bits per heavy atom. The van der Waals surface area contributed by atoms with Gasteiger partial charge in [0.05, 0.1) is 36.1 Å². The molecule has 1 fully saturated rings. The number of nitrogens with one attached hydrogen (secondary N) is 1. The van der Waals surface area contributed by atoms with Gasteiger partial charge in [-0.1, -0.05) is 57.9 Å². The van der Waals surface area contributed by atoms with E-state index in [-0.39, 0.29) is 9.92 Å². The number of halogens is 2. The lowest BCUT2D eigenvalue weighted by Crippen LogP contribution is -3.13. The average molecular weight is 514 g/mol. The summed E-state index contributed by atoms with van der Waals surface area (Å²) in [5, 5.41) is 1.26. The molecule has 0 radical (unpaired) electrons. The van der Waals surface area contributed by atoms with Gasteiger partial charge in [0.2, 0.25) is 10.0 Å². The predicted octanol–water partition coefficient (Wildman–Crippen LogP) is 3.32. The Bertz CT molecular complexity index is 1100. The van der Waals surface area contributed by atoms with Gasteiger partial charge in [-0.05, 0) is 18.2 Å². The number of piperazine rings is 1. The molecule has 0 aliphatic carbocycles. The zero-order chi connectivity index (χ0) is 20.4. The normalized spacial score (nSPS) is 16.2. The van der Waals surface area contributed by atoms with Crippen LogP contribution < -0.4 is 4.90 Å². The molecule has 1 aliphatic heterocycles. The quantitative estimate of drug-likeness (QED) is 0.569. The van der Waals surface area contributed by atoms with Crippen molar-refractivity contribution in [2.75, 3.05) is 26.2 Å². The number of hydrogen-bond donors (Lipinski definition) is 1. The lowest BCUT2D eigenvalue weighted by Gasteiger charge is -2.31. The summed E-state index contributed by atoms with van der Waals surface area (Å²) in [4.78, 5) is 7.29. The molecule has 0 spiro atoms. The topological polar surface area (TPSA) is 54.7 Å². The van der Waals surface area contributed by atoms with Crippen LogP contribution in [0.15, 0.2) is 64.1 Å². The molecule has 2 aromatic carbocycles. The first-order valence-electron chi connectivity index (χ1n) is 9.22. The summed E-state index contributed by atoms with van der Waals surface area (Å²) in [5.74, 6) is 0. The van der Waals surface area contributed by atoms with Crippen molar-refractivity contribution >= 4 is 48.9 Å². The Labute approximate surface area is 188 Å². The Kier molecular flexibility index (Phi) is 6.38. The van der Waals surface area contributed by atoms with Gasteiger partial charge < -0.3 is 4.90 Å². The van der Waals surface area contributed by atoms with Crippen LogP contribution in [0.5, 0.6) is 0 Å². The molecule has 1 saturated heterocycles. The maximum absolute atomic E-state index is 13.0. The number of sulfonamides is 1. The summed E-state index contributed by atoms with van der Waals surface area (Å²) in [6.45, 7) is 3.33. The molecule has 152 valence electrons. The maximum atomic E-state index is 13.0. The first-order valence-corrected chi connectivity index (χ1v) is 12.6. The molecule has 9 heteroatoms. The Hall–Kier alpha value is -1.29. The lowest BCUT2D eigenvalue weighted by molar-refractivity contribution is -0.917. The molecule has 0 unspecified atom stereocenters. The highest BCUT2D eigenvalue weighted by molar-refractivity contribution is 9.10. The minimum Gasteiger partial charge on any atom is -0.328 e. The highest BCUT2D eigenvalue weighted by atomic mass is 79.9. The van der Waals surface area contributed by atoms with Crippen molar-refractivity contribution in [1.29, 1.82) is 0 Å². The van der Waals surface area contributed by atoms with Gasteiger partial charge in [-0.3, -0.25) is 0 Å². The Balaban J connectivity index is 1.39. The SMILES string of the molecule is O=S(=O)(c1ccc(Br)cc1Cl)N1CC[NH+](Cc2cnc(-c3ccccc3)s2)CC1. The van der Waals surface area contributed by atoms with Crippen LogP contribution in [0.25, 0.3) is 10.6 Å². The lowest BCUT2D eigenvalue weighted by atomic mass is 10.2. The molecule has 29 heavy (non-hydrogen) atoms. The summed E-state index contributed by atoms with van der Waals surface area (Å²) in [6, 6.07) is 15.0. The number of hydrogen-bond acceptors (Lipinski definition) is 4. The monoisotopic (exact) mass is 512 g/mol. The second kappa shape index (κ2) is 8.83. The van der Waals surface area contributed by atoms with Gasteiger partial charge in [0, 0.05) is 16.2 Å². The van der Waals surface area contributed by atoms with Gasteiger partial charge in [0.1, 0.15) is 16.4 Å². The standard InChI is InChI=1S/C20H19BrClN3O2S2/c21-16-6-7-19(18(22)12-16)29(26,27)25-10-8-24(9-11-25)14-17-13-23-20(28-17)15-4-2-1-3-5-15/h1-7,12-13H,8-11,14H2/p+1. The van der Waals surface area contributed by atoms with Crippen molar-refractivity contribution in [1.82, 2.24) is 9.29 Å². The molecule has 3 aromatic rings. The summed E-state index contributed by atoms with van der Waals surface area (Å²) in [6.07, 6.45) is 1.94. The van der Waals surface area contributed by atoms with Crippen LogP contribution >= 0.6 is 38.9 Å². The van der Waals surface area contributed by atoms with Crippen LogP contribution in [0.4, 0.5) is 0 Å². The highest BCUT2D eigenvalue weighted by Crippen LogP contribution is 2.28. The second-order valence-electron chi connectivity index (χ2n) is 6.90. The van der Waals surface area contributed by atoms with E-state index in [1.54, 1.807) is 29.5 Å². The molecule has 0 bridgehead atoms. The smallest absolute Gasteiger partial charge is 0.244 e. The van der Waals surface area contributed by atoms with E-state index in [9.17, 15) is 8.42 Å². The number of rotatable bonds is 5. The molecule has 2 heterocycles. The van der Waals surface area contributed by atoms with E-state index in [4.69, 9.17) is 11.6 Å². The van der Waals surface area contributed by atoms with E-state index in [1.807, 2.05) is 24.4 Å². The maximum Gasteiger partial charge on any atom is 0.244 e. The molecule has 1 aliphatic rings. The van der Waals surface area contributed by atoms with Gasteiger partial charge in [0.25, 0.3) is 0 Å².